The Bertz CT molecular complexity index is 634. The lowest BCUT2D eigenvalue weighted by Crippen LogP contribution is -2.47. The first kappa shape index (κ1) is 24.7. The standard InChI is InChI=1S/C20H30N4O2.2ClH/c1-23-9-11-24(12-10-23)20(26)13-15-5-7-17(8-6-15)22-19(25)14-16-3-2-4-18(16)21;;/h5-8,16,18H,2-4,9-14,21H2,1H3,(H,22,25);2*1H/t16-,18+;;/m0../s1. The highest BCUT2D eigenvalue weighted by Crippen LogP contribution is 2.27. The van der Waals surface area contributed by atoms with Crippen molar-refractivity contribution in [1.82, 2.24) is 9.80 Å². The van der Waals surface area contributed by atoms with Gasteiger partial charge in [-0.15, -0.1) is 24.8 Å². The first-order valence-corrected chi connectivity index (χ1v) is 9.62. The number of nitrogens with zero attached hydrogens (tertiary/aromatic N) is 2. The Morgan fingerprint density at radius 3 is 2.29 bits per heavy atom. The molecule has 8 heteroatoms. The fraction of sp³-hybridized carbons (Fsp3) is 0.600. The van der Waals surface area contributed by atoms with E-state index in [2.05, 4.69) is 17.3 Å². The summed E-state index contributed by atoms with van der Waals surface area (Å²) in [5, 5.41) is 2.94. The molecule has 0 aromatic heterocycles. The number of amides is 2. The summed E-state index contributed by atoms with van der Waals surface area (Å²) in [7, 11) is 2.08. The van der Waals surface area contributed by atoms with Crippen LogP contribution in [0.3, 0.4) is 0 Å². The highest BCUT2D eigenvalue weighted by molar-refractivity contribution is 5.91. The molecule has 2 atom stereocenters. The maximum absolute atomic E-state index is 12.4. The first-order chi connectivity index (χ1) is 12.5. The molecule has 2 aliphatic rings. The van der Waals surface area contributed by atoms with Crippen molar-refractivity contribution in [3.05, 3.63) is 29.8 Å². The van der Waals surface area contributed by atoms with Crippen molar-refractivity contribution in [3.63, 3.8) is 0 Å². The number of nitrogens with two attached hydrogens (primary N) is 1. The predicted octanol–water partition coefficient (Wildman–Crippen LogP) is 2.30. The molecular weight excluding hydrogens is 399 g/mol. The number of halogens is 2. The summed E-state index contributed by atoms with van der Waals surface area (Å²) in [5.74, 6) is 0.495. The number of piperazine rings is 1. The van der Waals surface area contributed by atoms with Gasteiger partial charge in [-0.1, -0.05) is 18.6 Å². The van der Waals surface area contributed by atoms with Crippen molar-refractivity contribution in [2.24, 2.45) is 11.7 Å². The fourth-order valence-corrected chi connectivity index (χ4v) is 3.82. The summed E-state index contributed by atoms with van der Waals surface area (Å²) in [6, 6.07) is 7.75. The molecule has 1 heterocycles. The maximum Gasteiger partial charge on any atom is 0.227 e. The largest absolute Gasteiger partial charge is 0.340 e. The number of nitrogens with one attached hydrogen (secondary N) is 1. The van der Waals surface area contributed by atoms with Gasteiger partial charge in [0.2, 0.25) is 11.8 Å². The number of carbonyl (C=O) groups is 2. The third kappa shape index (κ3) is 6.92. The number of rotatable bonds is 5. The molecule has 1 saturated heterocycles. The van der Waals surface area contributed by atoms with Crippen LogP contribution in [-0.2, 0) is 16.0 Å². The Morgan fingerprint density at radius 1 is 1.07 bits per heavy atom. The minimum atomic E-state index is 0. The van der Waals surface area contributed by atoms with Crippen molar-refractivity contribution in [1.29, 1.82) is 0 Å². The van der Waals surface area contributed by atoms with Crippen LogP contribution in [0.5, 0.6) is 0 Å². The SMILES string of the molecule is CN1CCN(C(=O)Cc2ccc(NC(=O)C[C@@H]3CCC[C@H]3N)cc2)CC1.Cl.Cl. The van der Waals surface area contributed by atoms with Gasteiger partial charge in [-0.2, -0.15) is 0 Å². The highest BCUT2D eigenvalue weighted by Gasteiger charge is 2.26. The number of anilines is 1. The van der Waals surface area contributed by atoms with Gasteiger partial charge in [-0.3, -0.25) is 9.59 Å². The van der Waals surface area contributed by atoms with E-state index < -0.39 is 0 Å². The van der Waals surface area contributed by atoms with Crippen LogP contribution in [-0.4, -0.2) is 60.9 Å². The second-order valence-electron chi connectivity index (χ2n) is 7.66. The first-order valence-electron chi connectivity index (χ1n) is 9.62. The monoisotopic (exact) mass is 430 g/mol. The van der Waals surface area contributed by atoms with Gasteiger partial charge in [0.15, 0.2) is 0 Å². The lowest BCUT2D eigenvalue weighted by Gasteiger charge is -2.32. The molecule has 0 bridgehead atoms. The third-order valence-corrected chi connectivity index (χ3v) is 5.61. The topological polar surface area (TPSA) is 78.7 Å². The van der Waals surface area contributed by atoms with Gasteiger partial charge in [0.25, 0.3) is 0 Å². The van der Waals surface area contributed by atoms with Crippen LogP contribution in [0.25, 0.3) is 0 Å². The molecule has 158 valence electrons. The van der Waals surface area contributed by atoms with Crippen LogP contribution in [0, 0.1) is 5.92 Å². The molecule has 1 aromatic rings. The van der Waals surface area contributed by atoms with Crippen molar-refractivity contribution in [2.45, 2.75) is 38.1 Å². The molecule has 0 radical (unpaired) electrons. The summed E-state index contributed by atoms with van der Waals surface area (Å²) in [5.41, 5.74) is 7.79. The summed E-state index contributed by atoms with van der Waals surface area (Å²) in [6.45, 7) is 3.46. The number of likely N-dealkylation sites (N-methyl/N-ethyl adjacent to an activating group) is 1. The van der Waals surface area contributed by atoms with Crippen LogP contribution in [0.1, 0.15) is 31.2 Å². The molecule has 1 saturated carbocycles. The molecular formula is C20H32Cl2N4O2. The van der Waals surface area contributed by atoms with Crippen LogP contribution in [0.2, 0.25) is 0 Å². The van der Waals surface area contributed by atoms with Gasteiger partial charge < -0.3 is 20.9 Å². The zero-order valence-electron chi connectivity index (χ0n) is 16.4. The minimum Gasteiger partial charge on any atom is -0.340 e. The van der Waals surface area contributed by atoms with Gasteiger partial charge in [-0.05, 0) is 43.5 Å². The Kier molecular flexibility index (Phi) is 10.2. The van der Waals surface area contributed by atoms with E-state index in [0.717, 1.165) is 56.7 Å². The summed E-state index contributed by atoms with van der Waals surface area (Å²) in [6.07, 6.45) is 4.09. The number of hydrogen-bond acceptors (Lipinski definition) is 4. The number of benzene rings is 1. The summed E-state index contributed by atoms with van der Waals surface area (Å²) in [4.78, 5) is 28.7. The summed E-state index contributed by atoms with van der Waals surface area (Å²) >= 11 is 0. The normalized spacial score (nSPS) is 22.1. The second kappa shape index (κ2) is 11.6. The Balaban J connectivity index is 0.00000196. The molecule has 2 fully saturated rings. The predicted molar refractivity (Wildman–Crippen MR) is 117 cm³/mol. The smallest absolute Gasteiger partial charge is 0.227 e. The van der Waals surface area contributed by atoms with Crippen molar-refractivity contribution in [3.8, 4) is 0 Å². The molecule has 3 N–H and O–H groups in total. The van der Waals surface area contributed by atoms with Gasteiger partial charge in [0, 0.05) is 44.3 Å². The van der Waals surface area contributed by atoms with Crippen molar-refractivity contribution >= 4 is 42.3 Å². The maximum atomic E-state index is 12.4. The third-order valence-electron chi connectivity index (χ3n) is 5.61. The zero-order chi connectivity index (χ0) is 18.5. The van der Waals surface area contributed by atoms with Crippen LogP contribution >= 0.6 is 24.8 Å². The average molecular weight is 431 g/mol. The minimum absolute atomic E-state index is 0. The van der Waals surface area contributed by atoms with Crippen LogP contribution in [0.15, 0.2) is 24.3 Å². The van der Waals surface area contributed by atoms with Crippen molar-refractivity contribution < 1.29 is 9.59 Å². The van der Waals surface area contributed by atoms with Gasteiger partial charge >= 0.3 is 0 Å². The highest BCUT2D eigenvalue weighted by atomic mass is 35.5. The zero-order valence-corrected chi connectivity index (χ0v) is 18.1. The Morgan fingerprint density at radius 2 is 1.71 bits per heavy atom. The lowest BCUT2D eigenvalue weighted by molar-refractivity contribution is -0.132. The lowest BCUT2D eigenvalue weighted by atomic mass is 10.00. The Labute approximate surface area is 180 Å². The summed E-state index contributed by atoms with van der Waals surface area (Å²) < 4.78 is 0. The Hall–Kier alpha value is -1.34. The quantitative estimate of drug-likeness (QED) is 0.750. The van der Waals surface area contributed by atoms with E-state index in [0.29, 0.717) is 18.8 Å². The van der Waals surface area contributed by atoms with E-state index in [1.807, 2.05) is 29.2 Å². The van der Waals surface area contributed by atoms with E-state index in [1.165, 1.54) is 0 Å². The molecule has 1 aliphatic heterocycles. The van der Waals surface area contributed by atoms with Crippen LogP contribution in [0.4, 0.5) is 5.69 Å². The van der Waals surface area contributed by atoms with E-state index >= 15 is 0 Å². The van der Waals surface area contributed by atoms with Gasteiger partial charge in [-0.25, -0.2) is 0 Å². The van der Waals surface area contributed by atoms with Crippen LogP contribution < -0.4 is 11.1 Å². The molecule has 2 amide bonds. The second-order valence-corrected chi connectivity index (χ2v) is 7.66. The molecule has 3 rings (SSSR count). The van der Waals surface area contributed by atoms with Gasteiger partial charge in [0.05, 0.1) is 6.42 Å². The van der Waals surface area contributed by atoms with Crippen molar-refractivity contribution in [2.75, 3.05) is 38.5 Å². The average Bonchev–Trinajstić information content (AvgIpc) is 3.02. The molecule has 6 nitrogen and oxygen atoms in total. The van der Waals surface area contributed by atoms with E-state index in [4.69, 9.17) is 5.73 Å². The van der Waals surface area contributed by atoms with E-state index in [9.17, 15) is 9.59 Å². The number of hydrogen-bond donors (Lipinski definition) is 2. The number of carbonyl (C=O) groups excluding carboxylic acids is 2. The molecule has 0 unspecified atom stereocenters. The molecule has 28 heavy (non-hydrogen) atoms. The fourth-order valence-electron chi connectivity index (χ4n) is 3.82. The van der Waals surface area contributed by atoms with E-state index in [1.54, 1.807) is 0 Å². The van der Waals surface area contributed by atoms with Gasteiger partial charge in [0.1, 0.15) is 0 Å². The molecule has 1 aromatic carbocycles. The molecule has 1 aliphatic carbocycles. The van der Waals surface area contributed by atoms with E-state index in [-0.39, 0.29) is 42.7 Å². The molecule has 0 spiro atoms.